The first-order valence-corrected chi connectivity index (χ1v) is 9.23. The number of benzene rings is 1. The zero-order valence-electron chi connectivity index (χ0n) is 15.1. The summed E-state index contributed by atoms with van der Waals surface area (Å²) in [6.07, 6.45) is 2.91. The Labute approximate surface area is 157 Å². The molecule has 1 saturated heterocycles. The molecule has 0 aliphatic carbocycles. The highest BCUT2D eigenvalue weighted by Crippen LogP contribution is 2.40. The van der Waals surface area contributed by atoms with E-state index in [2.05, 4.69) is 53.7 Å². The van der Waals surface area contributed by atoms with E-state index in [1.807, 2.05) is 29.3 Å². The van der Waals surface area contributed by atoms with Crippen LogP contribution in [-0.4, -0.2) is 28.5 Å². The maximum Gasteiger partial charge on any atom is 0.151 e. The fraction of sp³-hybridized carbons (Fsp3) is 0.611. The second kappa shape index (κ2) is 7.87. The maximum absolute atomic E-state index is 11.8. The molecule has 1 heterocycles. The monoisotopic (exact) mass is 408 g/mol. The molecule has 1 aromatic rings. The second-order valence-electron chi connectivity index (χ2n) is 7.68. The normalized spacial score (nSPS) is 21.8. The van der Waals surface area contributed by atoms with E-state index in [1.165, 1.54) is 0 Å². The minimum atomic E-state index is -0.881. The van der Waals surface area contributed by atoms with Crippen molar-refractivity contribution in [1.82, 2.24) is 5.06 Å². The first-order valence-electron chi connectivity index (χ1n) is 8.43. The lowest BCUT2D eigenvalue weighted by molar-refractivity contribution is -0.299. The van der Waals surface area contributed by atoms with Gasteiger partial charge in [-0.15, -0.1) is 0 Å². The molecule has 1 aliphatic heterocycles. The fourth-order valence-electron chi connectivity index (χ4n) is 3.58. The minimum absolute atomic E-state index is 0.205. The molecule has 0 saturated carbocycles. The standard InChI is InChI=1S/C18H25BrN4O2/c1-17(2)10-5-11-18(3,4)23(17)25-15(12-24)16(21-22-20)13-6-8-14(19)9-7-13/h6-9,12,15-16H,5,10-11H2,1-4H3/t15-,16+/m0/s1. The largest absolute Gasteiger partial charge is 0.300 e. The van der Waals surface area contributed by atoms with Gasteiger partial charge < -0.3 is 4.79 Å². The van der Waals surface area contributed by atoms with Gasteiger partial charge in [-0.25, -0.2) is 0 Å². The molecule has 0 aromatic heterocycles. The summed E-state index contributed by atoms with van der Waals surface area (Å²) < 4.78 is 0.915. The zero-order valence-corrected chi connectivity index (χ0v) is 16.7. The summed E-state index contributed by atoms with van der Waals surface area (Å²) in [4.78, 5) is 20.9. The van der Waals surface area contributed by atoms with Crippen LogP contribution in [0.15, 0.2) is 33.9 Å². The Morgan fingerprint density at radius 3 is 2.28 bits per heavy atom. The number of hydroxylamine groups is 2. The number of azide groups is 1. The van der Waals surface area contributed by atoms with E-state index in [9.17, 15) is 4.79 Å². The maximum atomic E-state index is 11.8. The van der Waals surface area contributed by atoms with E-state index >= 15 is 0 Å². The summed E-state index contributed by atoms with van der Waals surface area (Å²) in [6.45, 7) is 8.44. The lowest BCUT2D eigenvalue weighted by atomic mass is 9.82. The zero-order chi connectivity index (χ0) is 18.7. The van der Waals surface area contributed by atoms with Crippen LogP contribution < -0.4 is 0 Å². The first kappa shape index (κ1) is 19.9. The summed E-state index contributed by atoms with van der Waals surface area (Å²) in [7, 11) is 0. The molecule has 0 radical (unpaired) electrons. The highest BCUT2D eigenvalue weighted by atomic mass is 79.9. The fourth-order valence-corrected chi connectivity index (χ4v) is 3.84. The predicted octanol–water partition coefficient (Wildman–Crippen LogP) is 5.34. The van der Waals surface area contributed by atoms with Crippen molar-refractivity contribution >= 4 is 22.2 Å². The Morgan fingerprint density at radius 1 is 1.24 bits per heavy atom. The number of carbonyl (C=O) groups is 1. The predicted molar refractivity (Wildman–Crippen MR) is 101 cm³/mol. The van der Waals surface area contributed by atoms with Gasteiger partial charge in [-0.1, -0.05) is 33.2 Å². The van der Waals surface area contributed by atoms with Crippen molar-refractivity contribution in [3.63, 3.8) is 0 Å². The molecule has 0 unspecified atom stereocenters. The Kier molecular flexibility index (Phi) is 6.27. The first-order chi connectivity index (χ1) is 11.7. The third-order valence-corrected chi connectivity index (χ3v) is 5.27. The number of aldehydes is 1. The van der Waals surface area contributed by atoms with E-state index < -0.39 is 12.1 Å². The van der Waals surface area contributed by atoms with Crippen LogP contribution >= 0.6 is 15.9 Å². The molecule has 0 bridgehead atoms. The van der Waals surface area contributed by atoms with Crippen molar-refractivity contribution in [3.05, 3.63) is 44.7 Å². The Morgan fingerprint density at radius 2 is 1.80 bits per heavy atom. The van der Waals surface area contributed by atoms with Crippen LogP contribution in [0.3, 0.4) is 0 Å². The lowest BCUT2D eigenvalue weighted by Crippen LogP contribution is -2.59. The summed E-state index contributed by atoms with van der Waals surface area (Å²) >= 11 is 3.38. The van der Waals surface area contributed by atoms with Gasteiger partial charge in [0.1, 0.15) is 6.10 Å². The molecule has 0 amide bonds. The number of halogens is 1. The molecule has 7 heteroatoms. The van der Waals surface area contributed by atoms with E-state index in [0.29, 0.717) is 0 Å². The van der Waals surface area contributed by atoms with Gasteiger partial charge in [-0.2, -0.15) is 5.06 Å². The van der Waals surface area contributed by atoms with Crippen molar-refractivity contribution in [2.45, 2.75) is 70.2 Å². The summed E-state index contributed by atoms with van der Waals surface area (Å²) in [5.74, 6) is 0. The molecule has 1 fully saturated rings. The summed E-state index contributed by atoms with van der Waals surface area (Å²) in [5, 5.41) is 5.76. The topological polar surface area (TPSA) is 78.3 Å². The highest BCUT2D eigenvalue weighted by molar-refractivity contribution is 9.10. The quantitative estimate of drug-likeness (QED) is 0.275. The smallest absolute Gasteiger partial charge is 0.151 e. The molecule has 1 aromatic carbocycles. The highest BCUT2D eigenvalue weighted by Gasteiger charge is 2.44. The molecule has 136 valence electrons. The lowest BCUT2D eigenvalue weighted by Gasteiger charge is -2.52. The van der Waals surface area contributed by atoms with Crippen LogP contribution in [0.4, 0.5) is 0 Å². The molecule has 2 atom stereocenters. The Balaban J connectivity index is 2.33. The molecule has 6 nitrogen and oxygen atoms in total. The molecule has 25 heavy (non-hydrogen) atoms. The summed E-state index contributed by atoms with van der Waals surface area (Å²) in [5.41, 5.74) is 9.30. The number of nitrogens with zero attached hydrogens (tertiary/aromatic N) is 4. The number of hydrogen-bond acceptors (Lipinski definition) is 4. The van der Waals surface area contributed by atoms with E-state index in [0.717, 1.165) is 35.6 Å². The summed E-state index contributed by atoms with van der Waals surface area (Å²) in [6, 6.07) is 6.65. The Bertz CT molecular complexity index is 638. The van der Waals surface area contributed by atoms with Gasteiger partial charge in [0.05, 0.1) is 6.04 Å². The minimum Gasteiger partial charge on any atom is -0.300 e. The third kappa shape index (κ3) is 4.61. The molecule has 2 rings (SSSR count). The van der Waals surface area contributed by atoms with Crippen molar-refractivity contribution < 1.29 is 9.63 Å². The Hall–Kier alpha value is -1.40. The van der Waals surface area contributed by atoms with E-state index in [-0.39, 0.29) is 11.1 Å². The van der Waals surface area contributed by atoms with Gasteiger partial charge in [-0.05, 0) is 70.2 Å². The van der Waals surface area contributed by atoms with Crippen molar-refractivity contribution in [1.29, 1.82) is 0 Å². The number of hydrogen-bond donors (Lipinski definition) is 0. The third-order valence-electron chi connectivity index (χ3n) is 4.74. The molecule has 0 N–H and O–H groups in total. The molecule has 1 aliphatic rings. The van der Waals surface area contributed by atoms with Gasteiger partial charge in [-0.3, -0.25) is 4.84 Å². The molecular weight excluding hydrogens is 384 g/mol. The van der Waals surface area contributed by atoms with Crippen molar-refractivity contribution in [3.8, 4) is 0 Å². The molecule has 0 spiro atoms. The molecular formula is C18H25BrN4O2. The van der Waals surface area contributed by atoms with Gasteiger partial charge in [0.2, 0.25) is 0 Å². The van der Waals surface area contributed by atoms with Gasteiger partial charge in [0.15, 0.2) is 6.29 Å². The number of piperidine rings is 1. The number of rotatable bonds is 6. The van der Waals surface area contributed by atoms with Gasteiger partial charge in [0, 0.05) is 20.5 Å². The van der Waals surface area contributed by atoms with Crippen LogP contribution in [0.2, 0.25) is 0 Å². The average Bonchev–Trinajstić information content (AvgIpc) is 2.53. The SMILES string of the molecule is CC1(C)CCCC(C)(C)N1O[C@@H](C=O)[C@H](N=[N+]=[N-])c1ccc(Br)cc1. The van der Waals surface area contributed by atoms with Crippen LogP contribution in [0.5, 0.6) is 0 Å². The van der Waals surface area contributed by atoms with Gasteiger partial charge >= 0.3 is 0 Å². The second-order valence-corrected chi connectivity index (χ2v) is 8.60. The van der Waals surface area contributed by atoms with E-state index in [1.54, 1.807) is 0 Å². The van der Waals surface area contributed by atoms with Crippen LogP contribution in [-0.2, 0) is 9.63 Å². The number of carbonyl (C=O) groups excluding carboxylic acids is 1. The van der Waals surface area contributed by atoms with Crippen molar-refractivity contribution in [2.24, 2.45) is 5.11 Å². The van der Waals surface area contributed by atoms with Crippen molar-refractivity contribution in [2.75, 3.05) is 0 Å². The van der Waals surface area contributed by atoms with E-state index in [4.69, 9.17) is 10.4 Å². The average molecular weight is 409 g/mol. The van der Waals surface area contributed by atoms with Crippen LogP contribution in [0.1, 0.15) is 58.6 Å². The van der Waals surface area contributed by atoms with Gasteiger partial charge in [0.25, 0.3) is 0 Å². The van der Waals surface area contributed by atoms with Crippen LogP contribution in [0.25, 0.3) is 10.4 Å². The van der Waals surface area contributed by atoms with Crippen LogP contribution in [0, 0.1) is 0 Å².